The number of hydrogen-bond acceptors (Lipinski definition) is 3. The number of nitrogen functional groups attached to an aromatic ring is 1. The van der Waals surface area contributed by atoms with Gasteiger partial charge in [-0.3, -0.25) is 4.90 Å². The molecule has 1 aromatic carbocycles. The Kier molecular flexibility index (Phi) is 5.06. The highest BCUT2D eigenvalue weighted by atomic mass is 35.5. The van der Waals surface area contributed by atoms with Crippen LogP contribution in [0.15, 0.2) is 24.3 Å². The molecule has 1 saturated heterocycles. The fourth-order valence-electron chi connectivity index (χ4n) is 1.98. The van der Waals surface area contributed by atoms with Crippen molar-refractivity contribution in [3.63, 3.8) is 0 Å². The van der Waals surface area contributed by atoms with Crippen LogP contribution >= 0.6 is 12.4 Å². The molecule has 0 amide bonds. The van der Waals surface area contributed by atoms with Crippen molar-refractivity contribution < 1.29 is 4.74 Å². The van der Waals surface area contributed by atoms with Gasteiger partial charge in [0.25, 0.3) is 0 Å². The minimum absolute atomic E-state index is 0. The van der Waals surface area contributed by atoms with Gasteiger partial charge in [-0.1, -0.05) is 12.1 Å². The maximum Gasteiger partial charge on any atom is 0.0674 e. The molecule has 2 N–H and O–H groups in total. The third-order valence-corrected chi connectivity index (χ3v) is 2.68. The smallest absolute Gasteiger partial charge is 0.0674 e. The molecule has 1 fully saturated rings. The van der Waals surface area contributed by atoms with Crippen molar-refractivity contribution in [3.8, 4) is 0 Å². The minimum Gasteiger partial charge on any atom is -0.399 e. The molecule has 0 aliphatic carbocycles. The highest BCUT2D eigenvalue weighted by molar-refractivity contribution is 5.85. The second-order valence-corrected chi connectivity index (χ2v) is 4.16. The summed E-state index contributed by atoms with van der Waals surface area (Å²) in [5.74, 6) is 0. The Morgan fingerprint density at radius 1 is 1.50 bits per heavy atom. The van der Waals surface area contributed by atoms with Crippen molar-refractivity contribution in [2.75, 3.05) is 25.4 Å². The third-order valence-electron chi connectivity index (χ3n) is 2.68. The zero-order valence-corrected chi connectivity index (χ0v) is 10.4. The van der Waals surface area contributed by atoms with Crippen LogP contribution in [0.2, 0.25) is 0 Å². The van der Waals surface area contributed by atoms with Crippen LogP contribution in [-0.2, 0) is 11.3 Å². The number of anilines is 1. The zero-order valence-electron chi connectivity index (χ0n) is 9.56. The third kappa shape index (κ3) is 3.67. The molecule has 0 aromatic heterocycles. The maximum absolute atomic E-state index is 5.75. The van der Waals surface area contributed by atoms with Gasteiger partial charge in [0.05, 0.1) is 12.7 Å². The number of morpholine rings is 1. The van der Waals surface area contributed by atoms with E-state index in [9.17, 15) is 0 Å². The molecule has 2 rings (SSSR count). The summed E-state index contributed by atoms with van der Waals surface area (Å²) in [5.41, 5.74) is 7.87. The van der Waals surface area contributed by atoms with Crippen LogP contribution in [0.4, 0.5) is 5.69 Å². The van der Waals surface area contributed by atoms with Gasteiger partial charge in [-0.05, 0) is 24.6 Å². The molecule has 1 aliphatic rings. The summed E-state index contributed by atoms with van der Waals surface area (Å²) in [7, 11) is 0. The van der Waals surface area contributed by atoms with Crippen LogP contribution in [0, 0.1) is 0 Å². The van der Waals surface area contributed by atoms with E-state index in [1.54, 1.807) is 0 Å². The summed E-state index contributed by atoms with van der Waals surface area (Å²) < 4.78 is 5.50. The number of halogens is 1. The number of nitrogens with two attached hydrogens (primary N) is 1. The van der Waals surface area contributed by atoms with Crippen molar-refractivity contribution in [3.05, 3.63) is 29.8 Å². The number of hydrogen-bond donors (Lipinski definition) is 1. The fourth-order valence-corrected chi connectivity index (χ4v) is 1.98. The molecule has 1 aliphatic heterocycles. The topological polar surface area (TPSA) is 38.5 Å². The number of benzene rings is 1. The van der Waals surface area contributed by atoms with Crippen LogP contribution < -0.4 is 5.73 Å². The van der Waals surface area contributed by atoms with Crippen molar-refractivity contribution in [2.24, 2.45) is 0 Å². The first-order chi connectivity index (χ1) is 7.24. The van der Waals surface area contributed by atoms with Crippen LogP contribution in [0.1, 0.15) is 12.5 Å². The van der Waals surface area contributed by atoms with Gasteiger partial charge in [0.2, 0.25) is 0 Å². The van der Waals surface area contributed by atoms with E-state index in [-0.39, 0.29) is 12.4 Å². The van der Waals surface area contributed by atoms with E-state index in [0.717, 1.165) is 31.9 Å². The molecule has 90 valence electrons. The number of rotatable bonds is 2. The van der Waals surface area contributed by atoms with Gasteiger partial charge in [0, 0.05) is 25.3 Å². The van der Waals surface area contributed by atoms with Gasteiger partial charge in [-0.2, -0.15) is 0 Å². The van der Waals surface area contributed by atoms with E-state index in [4.69, 9.17) is 10.5 Å². The molecule has 0 spiro atoms. The van der Waals surface area contributed by atoms with Gasteiger partial charge in [0.1, 0.15) is 0 Å². The summed E-state index contributed by atoms with van der Waals surface area (Å²) in [6.45, 7) is 5.95. The average Bonchev–Trinajstić information content (AvgIpc) is 2.17. The lowest BCUT2D eigenvalue weighted by Gasteiger charge is -2.31. The molecule has 0 saturated carbocycles. The molecule has 0 radical (unpaired) electrons. The Bertz CT molecular complexity index is 333. The molecule has 0 bridgehead atoms. The Morgan fingerprint density at radius 3 is 3.00 bits per heavy atom. The molecule has 1 aromatic rings. The Labute approximate surface area is 103 Å². The lowest BCUT2D eigenvalue weighted by Crippen LogP contribution is -2.40. The Balaban J connectivity index is 0.00000128. The van der Waals surface area contributed by atoms with Crippen molar-refractivity contribution in [1.82, 2.24) is 4.90 Å². The van der Waals surface area contributed by atoms with Gasteiger partial charge in [-0.15, -0.1) is 12.4 Å². The fraction of sp³-hybridized carbons (Fsp3) is 0.500. The van der Waals surface area contributed by atoms with E-state index in [1.165, 1.54) is 5.56 Å². The molecule has 1 unspecified atom stereocenters. The SMILES string of the molecule is CC1CN(Cc2cccc(N)c2)CCO1.Cl. The van der Waals surface area contributed by atoms with Crippen LogP contribution in [0.5, 0.6) is 0 Å². The first-order valence-electron chi connectivity index (χ1n) is 5.42. The Morgan fingerprint density at radius 2 is 2.31 bits per heavy atom. The highest BCUT2D eigenvalue weighted by Gasteiger charge is 2.16. The summed E-state index contributed by atoms with van der Waals surface area (Å²) in [6.07, 6.45) is 0.347. The summed E-state index contributed by atoms with van der Waals surface area (Å²) >= 11 is 0. The largest absolute Gasteiger partial charge is 0.399 e. The summed E-state index contributed by atoms with van der Waals surface area (Å²) in [4.78, 5) is 2.41. The van der Waals surface area contributed by atoms with Crippen molar-refractivity contribution in [1.29, 1.82) is 0 Å². The van der Waals surface area contributed by atoms with E-state index in [1.807, 2.05) is 18.2 Å². The molecule has 3 nitrogen and oxygen atoms in total. The first kappa shape index (κ1) is 13.3. The molecule has 16 heavy (non-hydrogen) atoms. The first-order valence-corrected chi connectivity index (χ1v) is 5.42. The molecular weight excluding hydrogens is 224 g/mol. The highest BCUT2D eigenvalue weighted by Crippen LogP contribution is 2.12. The predicted molar refractivity (Wildman–Crippen MR) is 68.8 cm³/mol. The normalized spacial score (nSPS) is 21.4. The van der Waals surface area contributed by atoms with Crippen LogP contribution in [0.25, 0.3) is 0 Å². The second-order valence-electron chi connectivity index (χ2n) is 4.16. The summed E-state index contributed by atoms with van der Waals surface area (Å²) in [6, 6.07) is 8.09. The van der Waals surface area contributed by atoms with E-state index in [0.29, 0.717) is 6.10 Å². The quantitative estimate of drug-likeness (QED) is 0.806. The lowest BCUT2D eigenvalue weighted by atomic mass is 10.2. The monoisotopic (exact) mass is 242 g/mol. The van der Waals surface area contributed by atoms with E-state index >= 15 is 0 Å². The number of ether oxygens (including phenoxy) is 1. The van der Waals surface area contributed by atoms with Gasteiger partial charge in [0.15, 0.2) is 0 Å². The second kappa shape index (κ2) is 6.09. The standard InChI is InChI=1S/C12H18N2O.ClH/c1-10-8-14(5-6-15-10)9-11-3-2-4-12(13)7-11;/h2-4,7,10H,5-6,8-9,13H2,1H3;1H. The molecular formula is C12H19ClN2O. The van der Waals surface area contributed by atoms with E-state index < -0.39 is 0 Å². The number of nitrogens with zero attached hydrogens (tertiary/aromatic N) is 1. The van der Waals surface area contributed by atoms with Gasteiger partial charge in [-0.25, -0.2) is 0 Å². The molecule has 4 heteroatoms. The average molecular weight is 243 g/mol. The Hall–Kier alpha value is -0.770. The molecule has 1 heterocycles. The van der Waals surface area contributed by atoms with Crippen molar-refractivity contribution >= 4 is 18.1 Å². The van der Waals surface area contributed by atoms with Gasteiger partial charge < -0.3 is 10.5 Å². The predicted octanol–water partition coefficient (Wildman–Crippen LogP) is 1.91. The maximum atomic E-state index is 5.75. The minimum atomic E-state index is 0. The van der Waals surface area contributed by atoms with Crippen molar-refractivity contribution in [2.45, 2.75) is 19.6 Å². The summed E-state index contributed by atoms with van der Waals surface area (Å²) in [5, 5.41) is 0. The van der Waals surface area contributed by atoms with Crippen LogP contribution in [-0.4, -0.2) is 30.7 Å². The van der Waals surface area contributed by atoms with Crippen LogP contribution in [0.3, 0.4) is 0 Å². The molecule has 1 atom stereocenters. The zero-order chi connectivity index (χ0) is 10.7. The van der Waals surface area contributed by atoms with E-state index in [2.05, 4.69) is 17.9 Å². The van der Waals surface area contributed by atoms with Gasteiger partial charge >= 0.3 is 0 Å². The lowest BCUT2D eigenvalue weighted by molar-refractivity contribution is -0.0212.